The van der Waals surface area contributed by atoms with Crippen LogP contribution in [0.2, 0.25) is 0 Å². The lowest BCUT2D eigenvalue weighted by Crippen LogP contribution is -2.15. The number of allylic oxidation sites excluding steroid dienone is 3. The zero-order valence-electron chi connectivity index (χ0n) is 11.8. The molecule has 0 fully saturated rings. The standard InChI is InChI=1S/C14H21F2NO2/c1-5-6-7-8-11(13(18)19-4)12(17)9-10(2)14(3,15)16/h7-9H,5-6,17H2,1-4H3/b8-7+,10-9+,12-11-. The second-order valence-electron chi connectivity index (χ2n) is 4.27. The first-order valence-electron chi connectivity index (χ1n) is 6.05. The number of hydrogen-bond donors (Lipinski definition) is 1. The van der Waals surface area contributed by atoms with Crippen LogP contribution in [-0.4, -0.2) is 19.0 Å². The Hall–Kier alpha value is -1.65. The first-order valence-corrected chi connectivity index (χ1v) is 6.05. The number of unbranched alkanes of at least 4 members (excludes halogenated alkanes) is 1. The van der Waals surface area contributed by atoms with Gasteiger partial charge in [-0.2, -0.15) is 0 Å². The van der Waals surface area contributed by atoms with E-state index in [2.05, 4.69) is 4.74 Å². The molecule has 0 aromatic rings. The molecule has 0 rings (SSSR count). The van der Waals surface area contributed by atoms with Crippen LogP contribution in [0.4, 0.5) is 8.78 Å². The van der Waals surface area contributed by atoms with E-state index in [0.717, 1.165) is 25.8 Å². The average molecular weight is 273 g/mol. The number of esters is 1. The van der Waals surface area contributed by atoms with Crippen molar-refractivity contribution in [3.63, 3.8) is 0 Å². The summed E-state index contributed by atoms with van der Waals surface area (Å²) in [7, 11) is 1.22. The highest BCUT2D eigenvalue weighted by molar-refractivity contribution is 5.92. The number of carbonyl (C=O) groups is 1. The predicted molar refractivity (Wildman–Crippen MR) is 71.7 cm³/mol. The number of alkyl halides is 2. The minimum Gasteiger partial charge on any atom is -0.465 e. The summed E-state index contributed by atoms with van der Waals surface area (Å²) in [6.07, 6.45) is 6.03. The van der Waals surface area contributed by atoms with Gasteiger partial charge in [-0.1, -0.05) is 19.4 Å². The van der Waals surface area contributed by atoms with Crippen molar-refractivity contribution in [2.24, 2.45) is 5.73 Å². The summed E-state index contributed by atoms with van der Waals surface area (Å²) in [6, 6.07) is 0. The first kappa shape index (κ1) is 17.4. The van der Waals surface area contributed by atoms with Crippen molar-refractivity contribution in [3.8, 4) is 0 Å². The van der Waals surface area contributed by atoms with E-state index in [9.17, 15) is 13.6 Å². The number of rotatable bonds is 6. The summed E-state index contributed by atoms with van der Waals surface area (Å²) >= 11 is 0. The highest BCUT2D eigenvalue weighted by Gasteiger charge is 2.24. The lowest BCUT2D eigenvalue weighted by Gasteiger charge is -2.11. The first-order chi connectivity index (χ1) is 8.73. The largest absolute Gasteiger partial charge is 0.465 e. The van der Waals surface area contributed by atoms with Gasteiger partial charge in [0.15, 0.2) is 0 Å². The molecule has 0 heterocycles. The molecule has 0 aliphatic carbocycles. The van der Waals surface area contributed by atoms with Crippen LogP contribution in [0.5, 0.6) is 0 Å². The summed E-state index contributed by atoms with van der Waals surface area (Å²) in [4.78, 5) is 11.6. The Bertz CT molecular complexity index is 404. The van der Waals surface area contributed by atoms with Gasteiger partial charge in [-0.3, -0.25) is 0 Å². The minimum atomic E-state index is -2.97. The van der Waals surface area contributed by atoms with Gasteiger partial charge in [0.25, 0.3) is 5.92 Å². The smallest absolute Gasteiger partial charge is 0.339 e. The van der Waals surface area contributed by atoms with E-state index in [4.69, 9.17) is 5.73 Å². The number of nitrogens with two attached hydrogens (primary N) is 1. The molecule has 3 nitrogen and oxygen atoms in total. The maximum atomic E-state index is 13.0. The van der Waals surface area contributed by atoms with Crippen LogP contribution >= 0.6 is 0 Å². The van der Waals surface area contributed by atoms with Crippen molar-refractivity contribution >= 4 is 5.97 Å². The molecule has 5 heteroatoms. The number of hydrogen-bond acceptors (Lipinski definition) is 3. The summed E-state index contributed by atoms with van der Waals surface area (Å²) in [6.45, 7) is 4.02. The van der Waals surface area contributed by atoms with E-state index >= 15 is 0 Å². The number of halogens is 2. The average Bonchev–Trinajstić information content (AvgIpc) is 2.32. The van der Waals surface area contributed by atoms with Crippen LogP contribution in [0, 0.1) is 0 Å². The molecule has 0 radical (unpaired) electrons. The lowest BCUT2D eigenvalue weighted by atomic mass is 10.1. The second kappa shape index (κ2) is 7.71. The van der Waals surface area contributed by atoms with Crippen molar-refractivity contribution in [1.82, 2.24) is 0 Å². The molecule has 0 saturated heterocycles. The molecular formula is C14H21F2NO2. The van der Waals surface area contributed by atoms with Crippen LogP contribution < -0.4 is 5.73 Å². The third kappa shape index (κ3) is 6.18. The van der Waals surface area contributed by atoms with Crippen molar-refractivity contribution in [1.29, 1.82) is 0 Å². The number of carbonyl (C=O) groups excluding carboxylic acids is 1. The van der Waals surface area contributed by atoms with Gasteiger partial charge in [-0.15, -0.1) is 0 Å². The molecule has 0 atom stereocenters. The molecule has 0 aromatic carbocycles. The monoisotopic (exact) mass is 273 g/mol. The normalized spacial score (nSPS) is 14.5. The summed E-state index contributed by atoms with van der Waals surface area (Å²) in [5.41, 5.74) is 5.53. The van der Waals surface area contributed by atoms with Gasteiger partial charge in [0, 0.05) is 12.6 Å². The van der Waals surface area contributed by atoms with Crippen LogP contribution in [0.25, 0.3) is 0 Å². The predicted octanol–water partition coefficient (Wildman–Crippen LogP) is 3.33. The highest BCUT2D eigenvalue weighted by Crippen LogP contribution is 2.23. The zero-order valence-corrected chi connectivity index (χ0v) is 11.8. The minimum absolute atomic E-state index is 0.0294. The van der Waals surface area contributed by atoms with E-state index in [1.807, 2.05) is 6.92 Å². The maximum absolute atomic E-state index is 13.0. The summed E-state index contributed by atoms with van der Waals surface area (Å²) in [5, 5.41) is 0. The fourth-order valence-corrected chi connectivity index (χ4v) is 1.20. The van der Waals surface area contributed by atoms with E-state index < -0.39 is 11.9 Å². The van der Waals surface area contributed by atoms with Crippen molar-refractivity contribution < 1.29 is 18.3 Å². The Balaban J connectivity index is 5.43. The van der Waals surface area contributed by atoms with Crippen molar-refractivity contribution in [3.05, 3.63) is 35.1 Å². The van der Waals surface area contributed by atoms with Gasteiger partial charge in [0.05, 0.1) is 12.7 Å². The molecular weight excluding hydrogens is 252 g/mol. The number of methoxy groups -OCH3 is 1. The van der Waals surface area contributed by atoms with Gasteiger partial charge < -0.3 is 10.5 Å². The lowest BCUT2D eigenvalue weighted by molar-refractivity contribution is -0.135. The van der Waals surface area contributed by atoms with E-state index in [1.54, 1.807) is 6.08 Å². The van der Waals surface area contributed by atoms with Crippen LogP contribution in [0.15, 0.2) is 35.1 Å². The van der Waals surface area contributed by atoms with Crippen molar-refractivity contribution in [2.75, 3.05) is 7.11 Å². The van der Waals surface area contributed by atoms with Gasteiger partial charge in [-0.05, 0) is 31.1 Å². The molecule has 0 aliphatic rings. The molecule has 0 unspecified atom stereocenters. The molecule has 0 spiro atoms. The summed E-state index contributed by atoms with van der Waals surface area (Å²) < 4.78 is 30.7. The Morgan fingerprint density at radius 1 is 1.42 bits per heavy atom. The van der Waals surface area contributed by atoms with Crippen LogP contribution in [0.1, 0.15) is 33.6 Å². The molecule has 0 aliphatic heterocycles. The van der Waals surface area contributed by atoms with E-state index in [-0.39, 0.29) is 16.8 Å². The SMILES string of the molecule is CCC/C=C/C(C(=O)OC)=C(N)\C=C(/C)C(C)(F)F. The molecule has 0 saturated carbocycles. The van der Waals surface area contributed by atoms with Gasteiger partial charge in [0.1, 0.15) is 0 Å². The number of ether oxygens (including phenoxy) is 1. The van der Waals surface area contributed by atoms with E-state index in [0.29, 0.717) is 0 Å². The molecule has 0 bridgehead atoms. The summed E-state index contributed by atoms with van der Waals surface area (Å²) in [5.74, 6) is -3.62. The van der Waals surface area contributed by atoms with Gasteiger partial charge in [-0.25, -0.2) is 13.6 Å². The third-order valence-corrected chi connectivity index (χ3v) is 2.52. The Morgan fingerprint density at radius 2 is 2.00 bits per heavy atom. The Morgan fingerprint density at radius 3 is 2.42 bits per heavy atom. The maximum Gasteiger partial charge on any atom is 0.339 e. The molecule has 0 aromatic heterocycles. The fraction of sp³-hybridized carbons (Fsp3) is 0.500. The fourth-order valence-electron chi connectivity index (χ4n) is 1.20. The highest BCUT2D eigenvalue weighted by atomic mass is 19.3. The second-order valence-corrected chi connectivity index (χ2v) is 4.27. The van der Waals surface area contributed by atoms with Gasteiger partial charge >= 0.3 is 5.97 Å². The molecule has 108 valence electrons. The molecule has 0 amide bonds. The van der Waals surface area contributed by atoms with Gasteiger partial charge in [0.2, 0.25) is 0 Å². The Labute approximate surface area is 112 Å². The van der Waals surface area contributed by atoms with Crippen LogP contribution in [-0.2, 0) is 9.53 Å². The quantitative estimate of drug-likeness (QED) is 0.459. The third-order valence-electron chi connectivity index (χ3n) is 2.52. The molecule has 2 N–H and O–H groups in total. The molecule has 19 heavy (non-hydrogen) atoms. The van der Waals surface area contributed by atoms with Crippen LogP contribution in [0.3, 0.4) is 0 Å². The van der Waals surface area contributed by atoms with E-state index in [1.165, 1.54) is 20.1 Å². The van der Waals surface area contributed by atoms with Crippen molar-refractivity contribution in [2.45, 2.75) is 39.5 Å². The Kier molecular flexibility index (Phi) is 7.04. The topological polar surface area (TPSA) is 52.3 Å². The zero-order chi connectivity index (χ0) is 15.1.